The maximum atomic E-state index is 13.2. The van der Waals surface area contributed by atoms with E-state index in [0.29, 0.717) is 9.47 Å². The fraction of sp³-hybridized carbons (Fsp3) is 0.312. The minimum Gasteiger partial charge on any atom is -0.318 e. The van der Waals surface area contributed by atoms with E-state index in [1.807, 2.05) is 10.9 Å². The van der Waals surface area contributed by atoms with Gasteiger partial charge in [-0.25, -0.2) is 9.78 Å². The molecule has 0 aliphatic carbocycles. The number of carbonyl (C=O) groups excluding carboxylic acids is 4. The van der Waals surface area contributed by atoms with E-state index in [2.05, 4.69) is 4.98 Å². The summed E-state index contributed by atoms with van der Waals surface area (Å²) >= 11 is 0. The highest BCUT2D eigenvalue weighted by molar-refractivity contribution is 6.04. The molecule has 1 aromatic carbocycles. The largest absolute Gasteiger partial charge is 0.449 e. The molecule has 0 saturated carbocycles. The fourth-order valence-electron chi connectivity index (χ4n) is 2.78. The van der Waals surface area contributed by atoms with E-state index in [1.54, 1.807) is 0 Å². The summed E-state index contributed by atoms with van der Waals surface area (Å²) < 4.78 is 40.4. The molecule has 0 bridgehead atoms. The molecule has 0 radical (unpaired) electrons. The molecule has 0 atom stereocenters. The SMILES string of the molecule is CN1CC(=O)N(CC(=O)NNC(=O)Cn2c(C(F)(F)F)nc3ccccc32)C1=O. The molecule has 1 aromatic heterocycles. The van der Waals surface area contributed by atoms with Crippen LogP contribution in [0.5, 0.6) is 0 Å². The number of carbonyl (C=O) groups is 4. The van der Waals surface area contributed by atoms with Gasteiger partial charge in [0.1, 0.15) is 19.6 Å². The van der Waals surface area contributed by atoms with E-state index >= 15 is 0 Å². The normalized spacial score (nSPS) is 14.6. The molecule has 2 heterocycles. The highest BCUT2D eigenvalue weighted by Crippen LogP contribution is 2.31. The predicted octanol–water partition coefficient (Wildman–Crippen LogP) is 0.0965. The Morgan fingerprint density at radius 1 is 1.10 bits per heavy atom. The van der Waals surface area contributed by atoms with Crippen LogP contribution in [0.3, 0.4) is 0 Å². The number of halogens is 3. The first-order valence-corrected chi connectivity index (χ1v) is 8.23. The summed E-state index contributed by atoms with van der Waals surface area (Å²) in [5.74, 6) is -3.68. The van der Waals surface area contributed by atoms with Gasteiger partial charge in [-0.15, -0.1) is 0 Å². The molecule has 1 saturated heterocycles. The Morgan fingerprint density at radius 3 is 2.31 bits per heavy atom. The number of fused-ring (bicyclic) bond motifs is 1. The number of hydrogen-bond acceptors (Lipinski definition) is 5. The number of imidazole rings is 1. The molecule has 0 unspecified atom stereocenters. The van der Waals surface area contributed by atoms with Gasteiger partial charge in [0.05, 0.1) is 11.0 Å². The van der Waals surface area contributed by atoms with E-state index in [-0.39, 0.29) is 17.6 Å². The van der Waals surface area contributed by atoms with Crippen molar-refractivity contribution in [3.05, 3.63) is 30.1 Å². The van der Waals surface area contributed by atoms with Crippen molar-refractivity contribution in [2.24, 2.45) is 0 Å². The lowest BCUT2D eigenvalue weighted by Crippen LogP contribution is -2.48. The van der Waals surface area contributed by atoms with Crippen molar-refractivity contribution in [1.29, 1.82) is 0 Å². The van der Waals surface area contributed by atoms with Gasteiger partial charge in [-0.1, -0.05) is 12.1 Å². The second-order valence-electron chi connectivity index (χ2n) is 6.22. The van der Waals surface area contributed by atoms with Crippen molar-refractivity contribution in [2.75, 3.05) is 20.1 Å². The Morgan fingerprint density at radius 2 is 1.72 bits per heavy atom. The summed E-state index contributed by atoms with van der Waals surface area (Å²) in [6.07, 6.45) is -4.79. The number of likely N-dealkylation sites (N-methyl/N-ethyl adjacent to an activating group) is 1. The van der Waals surface area contributed by atoms with Crippen LogP contribution in [-0.4, -0.2) is 63.2 Å². The first-order valence-electron chi connectivity index (χ1n) is 8.23. The van der Waals surface area contributed by atoms with Crippen LogP contribution in [0.25, 0.3) is 11.0 Å². The summed E-state index contributed by atoms with van der Waals surface area (Å²) in [6, 6.07) is 5.10. The van der Waals surface area contributed by atoms with Gasteiger partial charge in [-0.05, 0) is 12.1 Å². The number of nitrogens with one attached hydrogen (secondary N) is 2. The van der Waals surface area contributed by atoms with Gasteiger partial charge in [-0.3, -0.25) is 30.1 Å². The van der Waals surface area contributed by atoms with E-state index < -0.39 is 48.8 Å². The van der Waals surface area contributed by atoms with Gasteiger partial charge >= 0.3 is 12.2 Å². The van der Waals surface area contributed by atoms with Crippen LogP contribution < -0.4 is 10.9 Å². The maximum absolute atomic E-state index is 13.2. The van der Waals surface area contributed by atoms with Gasteiger partial charge in [-0.2, -0.15) is 13.2 Å². The zero-order chi connectivity index (χ0) is 21.3. The Labute approximate surface area is 161 Å². The van der Waals surface area contributed by atoms with Gasteiger partial charge in [0, 0.05) is 7.05 Å². The summed E-state index contributed by atoms with van der Waals surface area (Å²) in [7, 11) is 1.38. The number of hydrogen-bond donors (Lipinski definition) is 2. The molecule has 3 rings (SSSR count). The molecular formula is C16H15F3N6O4. The summed E-state index contributed by atoms with van der Waals surface area (Å²) in [6.45, 7) is -1.57. The second kappa shape index (κ2) is 7.41. The minimum atomic E-state index is -4.79. The third-order valence-electron chi connectivity index (χ3n) is 4.08. The predicted molar refractivity (Wildman–Crippen MR) is 90.8 cm³/mol. The minimum absolute atomic E-state index is 0.0619. The fourth-order valence-corrected chi connectivity index (χ4v) is 2.78. The average Bonchev–Trinajstić information content (AvgIpc) is 3.13. The van der Waals surface area contributed by atoms with Crippen LogP contribution in [0.2, 0.25) is 0 Å². The van der Waals surface area contributed by atoms with Crippen molar-refractivity contribution < 1.29 is 32.3 Å². The maximum Gasteiger partial charge on any atom is 0.449 e. The Bertz CT molecular complexity index is 1000. The molecule has 1 fully saturated rings. The molecule has 1 aliphatic heterocycles. The van der Waals surface area contributed by atoms with Crippen LogP contribution in [-0.2, 0) is 27.1 Å². The number of para-hydroxylation sites is 2. The highest BCUT2D eigenvalue weighted by Gasteiger charge is 2.38. The molecular weight excluding hydrogens is 397 g/mol. The number of nitrogens with zero attached hydrogens (tertiary/aromatic N) is 4. The number of rotatable bonds is 4. The average molecular weight is 412 g/mol. The second-order valence-corrected chi connectivity index (χ2v) is 6.22. The van der Waals surface area contributed by atoms with Gasteiger partial charge in [0.2, 0.25) is 5.82 Å². The highest BCUT2D eigenvalue weighted by atomic mass is 19.4. The van der Waals surface area contributed by atoms with Crippen molar-refractivity contribution >= 4 is 34.8 Å². The number of aromatic nitrogens is 2. The molecule has 29 heavy (non-hydrogen) atoms. The van der Waals surface area contributed by atoms with Crippen LogP contribution >= 0.6 is 0 Å². The standard InChI is InChI=1S/C16H15F3N6O4/c1-23-8-13(28)25(15(23)29)7-12(27)22-21-11(26)6-24-10-5-3-2-4-9(10)20-14(24)16(17,18)19/h2-5H,6-8H2,1H3,(H,21,26)(H,22,27). The van der Waals surface area contributed by atoms with E-state index in [4.69, 9.17) is 0 Å². The lowest BCUT2D eigenvalue weighted by atomic mass is 10.3. The molecule has 10 nitrogen and oxygen atoms in total. The third kappa shape index (κ3) is 4.12. The van der Waals surface area contributed by atoms with Crippen molar-refractivity contribution in [3.63, 3.8) is 0 Å². The molecule has 2 N–H and O–H groups in total. The van der Waals surface area contributed by atoms with Crippen LogP contribution in [0.1, 0.15) is 5.82 Å². The number of imide groups is 1. The number of urea groups is 1. The van der Waals surface area contributed by atoms with Gasteiger partial charge < -0.3 is 9.47 Å². The van der Waals surface area contributed by atoms with Crippen molar-refractivity contribution in [3.8, 4) is 0 Å². The summed E-state index contributed by atoms with van der Waals surface area (Å²) in [5, 5.41) is 0. The molecule has 1 aliphatic rings. The van der Waals surface area contributed by atoms with Crippen molar-refractivity contribution in [1.82, 2.24) is 30.2 Å². The lowest BCUT2D eigenvalue weighted by Gasteiger charge is -2.15. The van der Waals surface area contributed by atoms with E-state index in [0.717, 1.165) is 4.90 Å². The Kier molecular flexibility index (Phi) is 5.14. The summed E-state index contributed by atoms with van der Waals surface area (Å²) in [4.78, 5) is 52.5. The van der Waals surface area contributed by atoms with E-state index in [9.17, 15) is 32.3 Å². The molecule has 5 amide bonds. The topological polar surface area (TPSA) is 117 Å². The molecule has 2 aromatic rings. The smallest absolute Gasteiger partial charge is 0.318 e. The zero-order valence-electron chi connectivity index (χ0n) is 15.0. The first kappa shape index (κ1) is 20.1. The van der Waals surface area contributed by atoms with E-state index in [1.165, 1.54) is 31.3 Å². The lowest BCUT2D eigenvalue weighted by molar-refractivity contribution is -0.147. The third-order valence-corrected chi connectivity index (χ3v) is 4.08. The zero-order valence-corrected chi connectivity index (χ0v) is 15.0. The van der Waals surface area contributed by atoms with Crippen LogP contribution in [0.4, 0.5) is 18.0 Å². The van der Waals surface area contributed by atoms with Crippen LogP contribution in [0.15, 0.2) is 24.3 Å². The molecule has 154 valence electrons. The first-order chi connectivity index (χ1) is 13.6. The van der Waals surface area contributed by atoms with Crippen LogP contribution in [0, 0.1) is 0 Å². The Hall–Kier alpha value is -3.64. The number of benzene rings is 1. The molecule has 0 spiro atoms. The van der Waals surface area contributed by atoms with Gasteiger partial charge in [0.15, 0.2) is 0 Å². The quantitative estimate of drug-likeness (QED) is 0.546. The number of hydrazine groups is 1. The van der Waals surface area contributed by atoms with Crippen molar-refractivity contribution in [2.45, 2.75) is 12.7 Å². The van der Waals surface area contributed by atoms with Gasteiger partial charge in [0.25, 0.3) is 17.7 Å². The molecule has 13 heteroatoms. The number of alkyl halides is 3. The monoisotopic (exact) mass is 412 g/mol. The number of amides is 5. The summed E-state index contributed by atoms with van der Waals surface area (Å²) in [5.41, 5.74) is 4.08. The Balaban J connectivity index is 1.65.